The van der Waals surface area contributed by atoms with E-state index in [2.05, 4.69) is 9.71 Å². The van der Waals surface area contributed by atoms with Gasteiger partial charge in [0, 0.05) is 25.7 Å². The fourth-order valence-corrected chi connectivity index (χ4v) is 5.46. The highest BCUT2D eigenvalue weighted by Crippen LogP contribution is 2.31. The molecule has 0 unspecified atom stereocenters. The molecule has 0 bridgehead atoms. The van der Waals surface area contributed by atoms with Gasteiger partial charge in [-0.05, 0) is 37.1 Å². The lowest BCUT2D eigenvalue weighted by atomic mass is 10.2. The van der Waals surface area contributed by atoms with Crippen LogP contribution in [0, 0.1) is 0 Å². The molecule has 1 aromatic heterocycles. The number of benzene rings is 1. The van der Waals surface area contributed by atoms with Crippen LogP contribution < -0.4 is 5.32 Å². The number of hydrogen-bond donors (Lipinski definition) is 1. The normalized spacial score (nSPS) is 16.8. The minimum absolute atomic E-state index is 0.0184. The standard InChI is InChI=1S/C18H19Cl2N3O3S2/c1-23-9-4-2-3-8-16(23)22-28(25,26)13-7-5-6-12(10-13)21-18(24)14-11-15(19)27-17(14)20/h5-7,10-11H,2-4,8-9H2,1H3,(H,21,24)/b22-16-. The van der Waals surface area contributed by atoms with Gasteiger partial charge in [0.15, 0.2) is 0 Å². The molecule has 0 aliphatic carbocycles. The minimum atomic E-state index is -3.89. The Morgan fingerprint density at radius 2 is 2.00 bits per heavy atom. The molecule has 0 atom stereocenters. The highest BCUT2D eigenvalue weighted by Gasteiger charge is 2.20. The smallest absolute Gasteiger partial charge is 0.284 e. The molecule has 0 spiro atoms. The van der Waals surface area contributed by atoms with Gasteiger partial charge in [-0.25, -0.2) is 0 Å². The quantitative estimate of drug-likeness (QED) is 0.704. The van der Waals surface area contributed by atoms with Gasteiger partial charge in [0.2, 0.25) is 0 Å². The molecule has 10 heteroatoms. The van der Waals surface area contributed by atoms with Crippen LogP contribution in [0.25, 0.3) is 0 Å². The lowest BCUT2D eigenvalue weighted by Gasteiger charge is -2.17. The number of carbonyl (C=O) groups is 1. The first-order chi connectivity index (χ1) is 13.3. The number of likely N-dealkylation sites (tertiary alicyclic amines) is 1. The van der Waals surface area contributed by atoms with Crippen molar-refractivity contribution < 1.29 is 13.2 Å². The molecule has 2 aromatic rings. The molecule has 0 radical (unpaired) electrons. The number of nitrogens with one attached hydrogen (secondary N) is 1. The number of hydrogen-bond acceptors (Lipinski definition) is 4. The van der Waals surface area contributed by atoms with Gasteiger partial charge in [-0.1, -0.05) is 35.7 Å². The largest absolute Gasteiger partial charge is 0.362 e. The molecule has 1 aliphatic heterocycles. The topological polar surface area (TPSA) is 78.8 Å². The van der Waals surface area contributed by atoms with Gasteiger partial charge in [-0.2, -0.15) is 8.42 Å². The number of amides is 1. The van der Waals surface area contributed by atoms with Crippen molar-refractivity contribution in [1.29, 1.82) is 0 Å². The van der Waals surface area contributed by atoms with E-state index in [1.165, 1.54) is 18.2 Å². The number of rotatable bonds is 4. The third-order valence-electron chi connectivity index (χ3n) is 4.35. The Kier molecular flexibility index (Phi) is 6.65. The van der Waals surface area contributed by atoms with Crippen molar-refractivity contribution in [2.45, 2.75) is 30.6 Å². The van der Waals surface area contributed by atoms with Crippen molar-refractivity contribution in [3.63, 3.8) is 0 Å². The zero-order valence-corrected chi connectivity index (χ0v) is 18.3. The Morgan fingerprint density at radius 3 is 2.71 bits per heavy atom. The van der Waals surface area contributed by atoms with Crippen LogP contribution in [0.15, 0.2) is 39.6 Å². The van der Waals surface area contributed by atoms with Crippen molar-refractivity contribution >= 4 is 62.0 Å². The van der Waals surface area contributed by atoms with Crippen molar-refractivity contribution in [3.05, 3.63) is 44.6 Å². The average molecular weight is 460 g/mol. The Balaban J connectivity index is 1.84. The van der Waals surface area contributed by atoms with Crippen LogP contribution in [0.1, 0.15) is 36.0 Å². The van der Waals surface area contributed by atoms with Crippen molar-refractivity contribution in [2.75, 3.05) is 18.9 Å². The zero-order chi connectivity index (χ0) is 20.3. The number of halogens is 2. The second kappa shape index (κ2) is 8.82. The summed E-state index contributed by atoms with van der Waals surface area (Å²) >= 11 is 13.0. The summed E-state index contributed by atoms with van der Waals surface area (Å²) in [5.74, 6) is 0.101. The van der Waals surface area contributed by atoms with E-state index in [-0.39, 0.29) is 14.8 Å². The monoisotopic (exact) mass is 459 g/mol. The summed E-state index contributed by atoms with van der Waals surface area (Å²) in [7, 11) is -2.03. The van der Waals surface area contributed by atoms with Crippen LogP contribution >= 0.6 is 34.5 Å². The predicted molar refractivity (Wildman–Crippen MR) is 114 cm³/mol. The number of amidine groups is 1. The SMILES string of the molecule is CN1CCCCC/C1=N/S(=O)(=O)c1cccc(NC(=O)c2cc(Cl)sc2Cl)c1. The molecule has 28 heavy (non-hydrogen) atoms. The summed E-state index contributed by atoms with van der Waals surface area (Å²) < 4.78 is 30.2. The summed E-state index contributed by atoms with van der Waals surface area (Å²) in [5, 5.41) is 2.65. The van der Waals surface area contributed by atoms with Crippen molar-refractivity contribution in [2.24, 2.45) is 4.40 Å². The lowest BCUT2D eigenvalue weighted by Crippen LogP contribution is -2.26. The summed E-state index contributed by atoms with van der Waals surface area (Å²) in [6, 6.07) is 7.47. The van der Waals surface area contributed by atoms with Crippen LogP contribution in [-0.4, -0.2) is 38.7 Å². The number of carbonyl (C=O) groups excluding carboxylic acids is 1. The third kappa shape index (κ3) is 5.05. The van der Waals surface area contributed by atoms with Gasteiger partial charge >= 0.3 is 0 Å². The van der Waals surface area contributed by atoms with E-state index in [4.69, 9.17) is 23.2 Å². The maximum atomic E-state index is 12.8. The molecule has 3 rings (SSSR count). The highest BCUT2D eigenvalue weighted by molar-refractivity contribution is 7.90. The Labute approximate surface area is 178 Å². The second-order valence-electron chi connectivity index (χ2n) is 6.43. The van der Waals surface area contributed by atoms with Crippen LogP contribution in [0.3, 0.4) is 0 Å². The minimum Gasteiger partial charge on any atom is -0.362 e. The molecule has 0 saturated carbocycles. The van der Waals surface area contributed by atoms with Gasteiger partial charge in [0.1, 0.15) is 10.2 Å². The molecule has 1 fully saturated rings. The van der Waals surface area contributed by atoms with Crippen LogP contribution in [0.2, 0.25) is 8.67 Å². The zero-order valence-electron chi connectivity index (χ0n) is 15.1. The van der Waals surface area contributed by atoms with E-state index in [0.717, 1.165) is 37.1 Å². The van der Waals surface area contributed by atoms with Crippen molar-refractivity contribution in [3.8, 4) is 0 Å². The molecular weight excluding hydrogens is 441 g/mol. The molecule has 1 aliphatic rings. The Bertz CT molecular complexity index is 1020. The first-order valence-corrected chi connectivity index (χ1v) is 11.7. The molecule has 150 valence electrons. The second-order valence-corrected chi connectivity index (χ2v) is 10.3. The molecule has 2 heterocycles. The van der Waals surface area contributed by atoms with E-state index in [0.29, 0.717) is 22.3 Å². The van der Waals surface area contributed by atoms with Crippen LogP contribution in [-0.2, 0) is 10.0 Å². The van der Waals surface area contributed by atoms with E-state index < -0.39 is 15.9 Å². The average Bonchev–Trinajstić information content (AvgIpc) is 2.85. The summed E-state index contributed by atoms with van der Waals surface area (Å²) in [6.07, 6.45) is 3.62. The maximum Gasteiger partial charge on any atom is 0.284 e. The predicted octanol–water partition coefficient (Wildman–Crippen LogP) is 4.90. The van der Waals surface area contributed by atoms with Gasteiger partial charge in [-0.3, -0.25) is 4.79 Å². The molecular formula is C18H19Cl2N3O3S2. The summed E-state index contributed by atoms with van der Waals surface area (Å²) in [4.78, 5) is 14.3. The van der Waals surface area contributed by atoms with Gasteiger partial charge in [0.05, 0.1) is 14.8 Å². The maximum absolute atomic E-state index is 12.8. The number of nitrogens with zero attached hydrogens (tertiary/aromatic N) is 2. The Morgan fingerprint density at radius 1 is 1.21 bits per heavy atom. The lowest BCUT2D eigenvalue weighted by molar-refractivity contribution is 0.102. The molecule has 1 N–H and O–H groups in total. The first-order valence-electron chi connectivity index (χ1n) is 8.67. The first kappa shape index (κ1) is 21.1. The fraction of sp³-hybridized carbons (Fsp3) is 0.333. The van der Waals surface area contributed by atoms with Crippen molar-refractivity contribution in [1.82, 2.24) is 4.90 Å². The molecule has 1 amide bonds. The Hall–Kier alpha value is -1.61. The van der Waals surface area contributed by atoms with E-state index in [1.807, 2.05) is 11.9 Å². The summed E-state index contributed by atoms with van der Waals surface area (Å²) in [6.45, 7) is 0.786. The molecule has 1 saturated heterocycles. The fourth-order valence-electron chi connectivity index (χ4n) is 2.86. The van der Waals surface area contributed by atoms with Crippen LogP contribution in [0.5, 0.6) is 0 Å². The molecule has 1 aromatic carbocycles. The van der Waals surface area contributed by atoms with Gasteiger partial charge < -0.3 is 10.2 Å². The number of sulfonamides is 1. The summed E-state index contributed by atoms with van der Waals surface area (Å²) in [5.41, 5.74) is 0.573. The molecule has 6 nitrogen and oxygen atoms in total. The third-order valence-corrected chi connectivity index (χ3v) is 7.14. The van der Waals surface area contributed by atoms with Crippen LogP contribution in [0.4, 0.5) is 5.69 Å². The highest BCUT2D eigenvalue weighted by atomic mass is 35.5. The number of anilines is 1. The van der Waals surface area contributed by atoms with E-state index in [1.54, 1.807) is 12.1 Å². The van der Waals surface area contributed by atoms with E-state index >= 15 is 0 Å². The van der Waals surface area contributed by atoms with Gasteiger partial charge in [0.25, 0.3) is 15.9 Å². The van der Waals surface area contributed by atoms with E-state index in [9.17, 15) is 13.2 Å². The van der Waals surface area contributed by atoms with Gasteiger partial charge in [-0.15, -0.1) is 15.7 Å². The number of thiophene rings is 1.